The Morgan fingerprint density at radius 1 is 0.857 bits per heavy atom. The molecule has 4 aliphatic rings. The van der Waals surface area contributed by atoms with Crippen molar-refractivity contribution in [1.29, 1.82) is 0 Å². The van der Waals surface area contributed by atoms with E-state index >= 15 is 9.59 Å². The average molecular weight is 594 g/mol. The Kier molecular flexibility index (Phi) is 5.87. The summed E-state index contributed by atoms with van der Waals surface area (Å²) in [7, 11) is 2.06. The SMILES string of the molecule is CN1C/C(=C\c2ccccc2Cl)C(=O)[C@]2(C1)[C@@H](c1ccccc1Cl)[C@H]1CCCN1[C@@]21C(=O)c2cccc3cccc1c23. The van der Waals surface area contributed by atoms with Crippen molar-refractivity contribution in [3.8, 4) is 0 Å². The number of likely N-dealkylation sites (tertiary alicyclic amines) is 1. The van der Waals surface area contributed by atoms with Crippen molar-refractivity contribution >= 4 is 51.6 Å². The highest BCUT2D eigenvalue weighted by atomic mass is 35.5. The highest BCUT2D eigenvalue weighted by Gasteiger charge is 2.78. The minimum absolute atomic E-state index is 0.00423. The minimum atomic E-state index is -1.15. The first kappa shape index (κ1) is 26.4. The molecule has 4 atom stereocenters. The summed E-state index contributed by atoms with van der Waals surface area (Å²) < 4.78 is 0. The number of carbonyl (C=O) groups is 2. The van der Waals surface area contributed by atoms with Crippen LogP contribution in [0.3, 0.4) is 0 Å². The molecule has 0 aromatic heterocycles. The van der Waals surface area contributed by atoms with Gasteiger partial charge in [-0.15, -0.1) is 0 Å². The molecule has 0 unspecified atom stereocenters. The van der Waals surface area contributed by atoms with Crippen LogP contribution in [-0.4, -0.2) is 54.1 Å². The number of ketones is 2. The molecule has 210 valence electrons. The van der Waals surface area contributed by atoms with E-state index in [0.717, 1.165) is 46.8 Å². The summed E-state index contributed by atoms with van der Waals surface area (Å²) in [4.78, 5) is 35.4. The van der Waals surface area contributed by atoms with E-state index in [0.29, 0.717) is 34.3 Å². The van der Waals surface area contributed by atoms with Gasteiger partial charge in [0.1, 0.15) is 5.54 Å². The maximum absolute atomic E-state index is 15.6. The summed E-state index contributed by atoms with van der Waals surface area (Å²) in [6, 6.07) is 27.7. The molecule has 2 spiro atoms. The predicted molar refractivity (Wildman–Crippen MR) is 168 cm³/mol. The Bertz CT molecular complexity index is 1840. The number of Topliss-reactive ketones (excluding diaryl/α,β-unsaturated/α-hetero) is 2. The molecule has 3 aliphatic heterocycles. The molecule has 4 aromatic carbocycles. The normalized spacial score (nSPS) is 29.9. The molecule has 0 bridgehead atoms. The fraction of sp³-hybridized carbons (Fsp3) is 0.278. The second-order valence-electron chi connectivity index (χ2n) is 12.3. The molecule has 0 radical (unpaired) electrons. The zero-order valence-corrected chi connectivity index (χ0v) is 24.8. The number of benzene rings is 4. The minimum Gasteiger partial charge on any atom is -0.301 e. The summed E-state index contributed by atoms with van der Waals surface area (Å²) >= 11 is 13.6. The first-order chi connectivity index (χ1) is 20.4. The van der Waals surface area contributed by atoms with Crippen molar-refractivity contribution in [2.24, 2.45) is 5.41 Å². The predicted octanol–water partition coefficient (Wildman–Crippen LogP) is 7.38. The molecule has 0 amide bonds. The van der Waals surface area contributed by atoms with Crippen molar-refractivity contribution in [3.05, 3.63) is 123 Å². The Hall–Kier alpha value is -3.28. The van der Waals surface area contributed by atoms with Gasteiger partial charge in [-0.2, -0.15) is 0 Å². The molecular formula is C36H30Cl2N2O2. The quantitative estimate of drug-likeness (QED) is 0.228. The number of piperidine rings is 1. The number of carbonyl (C=O) groups excluding carboxylic acids is 2. The van der Waals surface area contributed by atoms with Crippen molar-refractivity contribution < 1.29 is 9.59 Å². The third-order valence-electron chi connectivity index (χ3n) is 10.3. The van der Waals surface area contributed by atoms with Gasteiger partial charge in [0.15, 0.2) is 11.6 Å². The molecule has 3 saturated heterocycles. The lowest BCUT2D eigenvalue weighted by Gasteiger charge is -2.52. The molecule has 8 rings (SSSR count). The number of halogens is 2. The number of fused-ring (bicyclic) bond motifs is 4. The molecule has 0 N–H and O–H groups in total. The summed E-state index contributed by atoms with van der Waals surface area (Å²) in [5, 5.41) is 3.25. The lowest BCUT2D eigenvalue weighted by atomic mass is 9.54. The largest absolute Gasteiger partial charge is 0.301 e. The highest BCUT2D eigenvalue weighted by molar-refractivity contribution is 6.32. The fourth-order valence-corrected chi connectivity index (χ4v) is 9.50. The van der Waals surface area contributed by atoms with Gasteiger partial charge in [0, 0.05) is 46.2 Å². The van der Waals surface area contributed by atoms with E-state index < -0.39 is 11.0 Å². The smallest absolute Gasteiger partial charge is 0.189 e. The first-order valence-corrected chi connectivity index (χ1v) is 15.4. The standard InChI is InChI=1S/C36H30Cl2N2O2/c1-39-20-24(19-23-9-2-4-15-28(23)37)33(41)35(21-39)32(25-12-3-5-16-29(25)38)30-17-8-18-40(30)36(35)27-14-7-11-22-10-6-13-26(31(22)27)34(36)42/h2-7,9-16,19,30,32H,8,17-18,20-21H2,1H3/b24-19+/t30-,32+,35+,36+/m1/s1. The molecule has 6 heteroatoms. The Morgan fingerprint density at radius 3 is 2.38 bits per heavy atom. The molecule has 42 heavy (non-hydrogen) atoms. The summed E-state index contributed by atoms with van der Waals surface area (Å²) in [5.74, 6) is -0.207. The number of hydrogen-bond donors (Lipinski definition) is 0. The maximum atomic E-state index is 15.6. The van der Waals surface area contributed by atoms with Crippen molar-refractivity contribution in [3.63, 3.8) is 0 Å². The lowest BCUT2D eigenvalue weighted by molar-refractivity contribution is -0.134. The van der Waals surface area contributed by atoms with Gasteiger partial charge in [-0.05, 0) is 72.1 Å². The summed E-state index contributed by atoms with van der Waals surface area (Å²) in [6.45, 7) is 1.68. The summed E-state index contributed by atoms with van der Waals surface area (Å²) in [6.07, 6.45) is 3.81. The molecule has 0 saturated carbocycles. The van der Waals surface area contributed by atoms with E-state index in [1.165, 1.54) is 0 Å². The van der Waals surface area contributed by atoms with Gasteiger partial charge in [-0.25, -0.2) is 0 Å². The van der Waals surface area contributed by atoms with Crippen LogP contribution < -0.4 is 0 Å². The molecule has 3 heterocycles. The maximum Gasteiger partial charge on any atom is 0.189 e. The Morgan fingerprint density at radius 2 is 1.60 bits per heavy atom. The summed E-state index contributed by atoms with van der Waals surface area (Å²) in [5.41, 5.74) is 1.85. The zero-order valence-electron chi connectivity index (χ0n) is 23.3. The van der Waals surface area contributed by atoms with Crippen LogP contribution >= 0.6 is 23.2 Å². The van der Waals surface area contributed by atoms with Crippen molar-refractivity contribution in [2.45, 2.75) is 30.3 Å². The number of likely N-dealkylation sites (N-methyl/N-ethyl adjacent to an activating group) is 1. The molecule has 4 aromatic rings. The van der Waals surface area contributed by atoms with E-state index in [1.54, 1.807) is 0 Å². The average Bonchev–Trinajstić information content (AvgIpc) is 3.62. The number of hydrogen-bond acceptors (Lipinski definition) is 4. The van der Waals surface area contributed by atoms with Gasteiger partial charge in [0.25, 0.3) is 0 Å². The first-order valence-electron chi connectivity index (χ1n) is 14.7. The second-order valence-corrected chi connectivity index (χ2v) is 13.1. The van der Waals surface area contributed by atoms with Crippen molar-refractivity contribution in [2.75, 3.05) is 26.7 Å². The highest BCUT2D eigenvalue weighted by Crippen LogP contribution is 2.69. The van der Waals surface area contributed by atoms with E-state index in [9.17, 15) is 0 Å². The van der Waals surface area contributed by atoms with E-state index in [-0.39, 0.29) is 23.5 Å². The van der Waals surface area contributed by atoms with E-state index in [1.807, 2.05) is 66.7 Å². The lowest BCUT2D eigenvalue weighted by Crippen LogP contribution is -2.65. The van der Waals surface area contributed by atoms with Crippen LogP contribution in [0.25, 0.3) is 16.8 Å². The molecule has 4 nitrogen and oxygen atoms in total. The fourth-order valence-electron chi connectivity index (χ4n) is 9.05. The van der Waals surface area contributed by atoms with Gasteiger partial charge in [0.05, 0.1) is 5.41 Å². The third kappa shape index (κ3) is 3.21. The van der Waals surface area contributed by atoms with Crippen LogP contribution in [-0.2, 0) is 10.3 Å². The van der Waals surface area contributed by atoms with Gasteiger partial charge in [-0.1, -0.05) is 96.0 Å². The Labute approximate surface area is 255 Å². The van der Waals surface area contributed by atoms with Gasteiger partial charge in [-0.3, -0.25) is 14.5 Å². The zero-order chi connectivity index (χ0) is 28.8. The van der Waals surface area contributed by atoms with E-state index in [2.05, 4.69) is 41.1 Å². The van der Waals surface area contributed by atoms with Crippen LogP contribution in [0.2, 0.25) is 10.0 Å². The van der Waals surface area contributed by atoms with Gasteiger partial charge < -0.3 is 4.90 Å². The number of rotatable bonds is 2. The van der Waals surface area contributed by atoms with Gasteiger partial charge >= 0.3 is 0 Å². The molecule has 1 aliphatic carbocycles. The molecule has 3 fully saturated rings. The number of nitrogens with zero attached hydrogens (tertiary/aromatic N) is 2. The second kappa shape index (κ2) is 9.36. The van der Waals surface area contributed by atoms with Crippen LogP contribution in [0.4, 0.5) is 0 Å². The van der Waals surface area contributed by atoms with Crippen LogP contribution in [0.1, 0.15) is 45.8 Å². The van der Waals surface area contributed by atoms with Crippen LogP contribution in [0.5, 0.6) is 0 Å². The van der Waals surface area contributed by atoms with E-state index in [4.69, 9.17) is 23.2 Å². The Balaban J connectivity index is 1.48. The third-order valence-corrected chi connectivity index (χ3v) is 11.0. The van der Waals surface area contributed by atoms with Crippen LogP contribution in [0, 0.1) is 5.41 Å². The van der Waals surface area contributed by atoms with Gasteiger partial charge in [0.2, 0.25) is 0 Å². The van der Waals surface area contributed by atoms with Crippen LogP contribution in [0.15, 0.2) is 90.5 Å². The molecular weight excluding hydrogens is 563 g/mol. The topological polar surface area (TPSA) is 40.6 Å². The van der Waals surface area contributed by atoms with Crippen molar-refractivity contribution in [1.82, 2.24) is 9.80 Å². The monoisotopic (exact) mass is 592 g/mol.